The largest absolute Gasteiger partial charge is 0.506 e. The van der Waals surface area contributed by atoms with E-state index in [-0.39, 0.29) is 28.5 Å². The molecule has 0 heterocycles. The molecule has 0 bridgehead atoms. The van der Waals surface area contributed by atoms with Crippen LogP contribution in [-0.2, 0) is 0 Å². The first-order chi connectivity index (χ1) is 10.4. The molecule has 0 saturated carbocycles. The van der Waals surface area contributed by atoms with Gasteiger partial charge in [0.15, 0.2) is 11.6 Å². The van der Waals surface area contributed by atoms with Crippen LogP contribution in [0.5, 0.6) is 5.75 Å². The summed E-state index contributed by atoms with van der Waals surface area (Å²) in [5.74, 6) is -0.662. The molecule has 3 rings (SSSR count). The molecule has 2 aromatic rings. The Hall–Kier alpha value is -1.92. The number of benzene rings is 2. The van der Waals surface area contributed by atoms with Gasteiger partial charge in [-0.2, -0.15) is 0 Å². The van der Waals surface area contributed by atoms with Gasteiger partial charge in [-0.05, 0) is 61.7 Å². The Labute approximate surface area is 142 Å². The summed E-state index contributed by atoms with van der Waals surface area (Å²) in [6, 6.07) is 8.09. The molecule has 0 aliphatic heterocycles. The molecular weight excluding hydrogens is 414 g/mol. The minimum atomic E-state index is -0.376. The van der Waals surface area contributed by atoms with Gasteiger partial charge in [0, 0.05) is 11.3 Å². The van der Waals surface area contributed by atoms with Gasteiger partial charge in [0.1, 0.15) is 5.75 Å². The number of Topliss-reactive ketones (excluding diaryl/α,β-unsaturated/α-hetero) is 2. The molecule has 6 heteroatoms. The van der Waals surface area contributed by atoms with Crippen molar-refractivity contribution >= 4 is 55.2 Å². The predicted octanol–water partition coefficient (Wildman–Crippen LogP) is 3.96. The van der Waals surface area contributed by atoms with Gasteiger partial charge < -0.3 is 10.8 Å². The first-order valence-corrected chi connectivity index (χ1v) is 7.86. The fraction of sp³-hybridized carbons (Fsp3) is 0. The van der Waals surface area contributed by atoms with Crippen LogP contribution in [0.4, 0.5) is 5.69 Å². The fourth-order valence-corrected chi connectivity index (χ4v) is 3.58. The summed E-state index contributed by atoms with van der Waals surface area (Å²) >= 11 is 6.43. The average Bonchev–Trinajstić information content (AvgIpc) is 2.71. The van der Waals surface area contributed by atoms with Gasteiger partial charge >= 0.3 is 0 Å². The number of aromatic hydroxyl groups is 1. The Kier molecular flexibility index (Phi) is 3.66. The number of hydrogen-bond acceptors (Lipinski definition) is 4. The van der Waals surface area contributed by atoms with Crippen molar-refractivity contribution in [1.29, 1.82) is 0 Å². The Morgan fingerprint density at radius 3 is 2.27 bits per heavy atom. The summed E-state index contributed by atoms with van der Waals surface area (Å²) in [5, 5.41) is 9.71. The smallest absolute Gasteiger partial charge is 0.199 e. The van der Waals surface area contributed by atoms with Crippen molar-refractivity contribution in [3.05, 3.63) is 61.5 Å². The van der Waals surface area contributed by atoms with Crippen molar-refractivity contribution in [2.24, 2.45) is 0 Å². The first kappa shape index (κ1) is 15.0. The SMILES string of the molecule is Nc1cccc2c1C(=O)/C(=C\c1cc(Br)c(O)c(Br)c1)C2=O. The number of rotatable bonds is 1. The van der Waals surface area contributed by atoms with Crippen molar-refractivity contribution < 1.29 is 14.7 Å². The summed E-state index contributed by atoms with van der Waals surface area (Å²) in [6.07, 6.45) is 1.50. The van der Waals surface area contributed by atoms with E-state index in [1.165, 1.54) is 6.08 Å². The van der Waals surface area contributed by atoms with Crippen molar-refractivity contribution in [2.45, 2.75) is 0 Å². The molecule has 110 valence electrons. The second kappa shape index (κ2) is 5.37. The number of hydrogen-bond donors (Lipinski definition) is 2. The highest BCUT2D eigenvalue weighted by atomic mass is 79.9. The topological polar surface area (TPSA) is 80.4 Å². The van der Waals surface area contributed by atoms with Crippen LogP contribution in [0.3, 0.4) is 0 Å². The van der Waals surface area contributed by atoms with E-state index in [1.54, 1.807) is 30.3 Å². The molecule has 2 aromatic carbocycles. The van der Waals surface area contributed by atoms with Crippen molar-refractivity contribution in [1.82, 2.24) is 0 Å². The van der Waals surface area contributed by atoms with E-state index >= 15 is 0 Å². The molecule has 0 fully saturated rings. The normalized spacial score (nSPS) is 15.5. The number of halogens is 2. The van der Waals surface area contributed by atoms with Crippen LogP contribution in [0.1, 0.15) is 26.3 Å². The lowest BCUT2D eigenvalue weighted by atomic mass is 10.1. The van der Waals surface area contributed by atoms with E-state index < -0.39 is 0 Å². The van der Waals surface area contributed by atoms with Gasteiger partial charge in [-0.3, -0.25) is 9.59 Å². The van der Waals surface area contributed by atoms with Gasteiger partial charge in [-0.25, -0.2) is 0 Å². The Morgan fingerprint density at radius 1 is 1.05 bits per heavy atom. The third kappa shape index (κ3) is 2.28. The number of fused-ring (bicyclic) bond motifs is 1. The molecule has 1 aliphatic carbocycles. The quantitative estimate of drug-likeness (QED) is 0.414. The highest BCUT2D eigenvalue weighted by molar-refractivity contribution is 9.11. The maximum absolute atomic E-state index is 12.4. The maximum Gasteiger partial charge on any atom is 0.199 e. The number of phenols is 1. The van der Waals surface area contributed by atoms with Gasteiger partial charge in [0.2, 0.25) is 0 Å². The van der Waals surface area contributed by atoms with Crippen LogP contribution >= 0.6 is 31.9 Å². The zero-order valence-electron chi connectivity index (χ0n) is 11.1. The Balaban J connectivity index is 2.13. The van der Waals surface area contributed by atoms with Crippen molar-refractivity contribution in [3.63, 3.8) is 0 Å². The van der Waals surface area contributed by atoms with E-state index in [2.05, 4.69) is 31.9 Å². The molecule has 0 radical (unpaired) electrons. The van der Waals surface area contributed by atoms with Gasteiger partial charge in [-0.1, -0.05) is 12.1 Å². The van der Waals surface area contributed by atoms with Crippen LogP contribution < -0.4 is 5.73 Å². The monoisotopic (exact) mass is 421 g/mol. The zero-order valence-corrected chi connectivity index (χ0v) is 14.2. The summed E-state index contributed by atoms with van der Waals surface area (Å²) in [7, 11) is 0. The van der Waals surface area contributed by atoms with Gasteiger partial charge in [0.05, 0.1) is 20.1 Å². The predicted molar refractivity (Wildman–Crippen MR) is 91.0 cm³/mol. The Bertz CT molecular complexity index is 849. The van der Waals surface area contributed by atoms with E-state index in [9.17, 15) is 14.7 Å². The number of nitrogens with two attached hydrogens (primary N) is 1. The first-order valence-electron chi connectivity index (χ1n) is 6.27. The van der Waals surface area contributed by atoms with Crippen LogP contribution in [0.15, 0.2) is 44.9 Å². The number of carbonyl (C=O) groups excluding carboxylic acids is 2. The highest BCUT2D eigenvalue weighted by Gasteiger charge is 2.34. The van der Waals surface area contributed by atoms with Gasteiger partial charge in [0.25, 0.3) is 0 Å². The van der Waals surface area contributed by atoms with Crippen LogP contribution in [0.25, 0.3) is 6.08 Å². The maximum atomic E-state index is 12.4. The van der Waals surface area contributed by atoms with Crippen LogP contribution in [0.2, 0.25) is 0 Å². The number of nitrogen functional groups attached to an aromatic ring is 1. The second-order valence-electron chi connectivity index (χ2n) is 4.82. The number of anilines is 1. The molecule has 0 saturated heterocycles. The molecular formula is C16H9Br2NO3. The molecule has 0 amide bonds. The molecule has 0 spiro atoms. The summed E-state index contributed by atoms with van der Waals surface area (Å²) < 4.78 is 0.923. The summed E-state index contributed by atoms with van der Waals surface area (Å²) in [6.45, 7) is 0. The van der Waals surface area contributed by atoms with Crippen molar-refractivity contribution in [2.75, 3.05) is 5.73 Å². The molecule has 0 aromatic heterocycles. The minimum absolute atomic E-state index is 0.0544. The second-order valence-corrected chi connectivity index (χ2v) is 6.53. The van der Waals surface area contributed by atoms with Crippen molar-refractivity contribution in [3.8, 4) is 5.75 Å². The third-order valence-electron chi connectivity index (χ3n) is 3.41. The molecule has 22 heavy (non-hydrogen) atoms. The molecule has 1 aliphatic rings. The molecule has 4 nitrogen and oxygen atoms in total. The average molecular weight is 423 g/mol. The lowest BCUT2D eigenvalue weighted by Gasteiger charge is -2.03. The number of phenolic OH excluding ortho intramolecular Hbond substituents is 1. The number of ketones is 2. The third-order valence-corrected chi connectivity index (χ3v) is 4.62. The number of carbonyl (C=O) groups is 2. The van der Waals surface area contributed by atoms with E-state index in [4.69, 9.17) is 5.73 Å². The minimum Gasteiger partial charge on any atom is -0.506 e. The lowest BCUT2D eigenvalue weighted by molar-refractivity contribution is 0.0991. The lowest BCUT2D eigenvalue weighted by Crippen LogP contribution is -2.01. The van der Waals surface area contributed by atoms with Crippen LogP contribution in [0, 0.1) is 0 Å². The Morgan fingerprint density at radius 2 is 1.68 bits per heavy atom. The van der Waals surface area contributed by atoms with E-state index in [1.807, 2.05) is 0 Å². The van der Waals surface area contributed by atoms with Crippen LogP contribution in [-0.4, -0.2) is 16.7 Å². The standard InChI is InChI=1S/C16H9Br2NO3/c17-10-5-7(6-11(18)16(10)22)4-9-14(20)8-2-1-3-12(19)13(8)15(9)21/h1-6,22H,19H2/b9-4-. The molecule has 0 atom stereocenters. The van der Waals surface area contributed by atoms with Gasteiger partial charge in [-0.15, -0.1) is 0 Å². The fourth-order valence-electron chi connectivity index (χ4n) is 2.36. The molecule has 3 N–H and O–H groups in total. The van der Waals surface area contributed by atoms with E-state index in [0.717, 1.165) is 0 Å². The zero-order chi connectivity index (χ0) is 16.0. The van der Waals surface area contributed by atoms with E-state index in [0.29, 0.717) is 25.8 Å². The highest BCUT2D eigenvalue weighted by Crippen LogP contribution is 2.36. The molecule has 0 unspecified atom stereocenters. The number of allylic oxidation sites excluding steroid dienone is 1. The summed E-state index contributed by atoms with van der Waals surface area (Å²) in [5.41, 5.74) is 7.36. The summed E-state index contributed by atoms with van der Waals surface area (Å²) in [4.78, 5) is 24.8.